The normalized spacial score (nSPS) is 10.4. The monoisotopic (exact) mass is 347 g/mol. The first-order valence-electron chi connectivity index (χ1n) is 8.39. The van der Waals surface area contributed by atoms with Gasteiger partial charge < -0.3 is 10.1 Å². The molecule has 0 saturated heterocycles. The van der Waals surface area contributed by atoms with E-state index in [1.807, 2.05) is 62.4 Å². The van der Waals surface area contributed by atoms with E-state index in [4.69, 9.17) is 4.74 Å². The fourth-order valence-corrected chi connectivity index (χ4v) is 2.71. The van der Waals surface area contributed by atoms with Gasteiger partial charge >= 0.3 is 0 Å². The largest absolute Gasteiger partial charge is 0.495 e. The smallest absolute Gasteiger partial charge is 0.259 e. The molecule has 0 bridgehead atoms. The summed E-state index contributed by atoms with van der Waals surface area (Å²) in [7, 11) is 1.58. The molecule has 3 rings (SSSR count). The van der Waals surface area contributed by atoms with Crippen molar-refractivity contribution in [2.75, 3.05) is 12.4 Å². The van der Waals surface area contributed by atoms with Gasteiger partial charge in [-0.1, -0.05) is 36.4 Å². The predicted molar refractivity (Wildman–Crippen MR) is 102 cm³/mol. The fourth-order valence-electron chi connectivity index (χ4n) is 2.71. The molecular weight excluding hydrogens is 326 g/mol. The van der Waals surface area contributed by atoms with Gasteiger partial charge in [0.25, 0.3) is 5.91 Å². The lowest BCUT2D eigenvalue weighted by atomic mass is 10.1. The number of carbonyl (C=O) groups is 1. The molecule has 1 amide bonds. The van der Waals surface area contributed by atoms with Gasteiger partial charge in [-0.2, -0.15) is 0 Å². The number of ether oxygens (including phenoxy) is 1. The Balaban J connectivity index is 1.79. The van der Waals surface area contributed by atoms with Crippen molar-refractivity contribution >= 4 is 11.6 Å². The van der Waals surface area contributed by atoms with E-state index >= 15 is 0 Å². The van der Waals surface area contributed by atoms with E-state index in [9.17, 15) is 4.79 Å². The summed E-state index contributed by atoms with van der Waals surface area (Å²) in [5, 5.41) is 2.88. The second-order valence-corrected chi connectivity index (χ2v) is 6.11. The molecular formula is C21H21N3O2. The van der Waals surface area contributed by atoms with Crippen LogP contribution in [0.15, 0.2) is 54.7 Å². The van der Waals surface area contributed by atoms with Crippen LogP contribution in [0.1, 0.15) is 33.0 Å². The van der Waals surface area contributed by atoms with Crippen LogP contribution in [0.2, 0.25) is 0 Å². The SMILES string of the molecule is COc1ccc(C)cc1NC(=O)c1cnc(Cc2ccccc2)nc1C. The average Bonchev–Trinajstić information content (AvgIpc) is 2.63. The first kappa shape index (κ1) is 17.6. The zero-order valence-corrected chi connectivity index (χ0v) is 15.1. The third-order valence-electron chi connectivity index (χ3n) is 4.08. The second kappa shape index (κ2) is 7.78. The number of methoxy groups -OCH3 is 1. The molecule has 0 aliphatic rings. The number of hydrogen-bond acceptors (Lipinski definition) is 4. The number of rotatable bonds is 5. The first-order valence-corrected chi connectivity index (χ1v) is 8.39. The Labute approximate surface area is 153 Å². The quantitative estimate of drug-likeness (QED) is 0.759. The van der Waals surface area contributed by atoms with Gasteiger partial charge in [-0.05, 0) is 37.1 Å². The second-order valence-electron chi connectivity index (χ2n) is 6.11. The van der Waals surface area contributed by atoms with Crippen LogP contribution in [0, 0.1) is 13.8 Å². The van der Waals surface area contributed by atoms with Gasteiger partial charge in [0.15, 0.2) is 0 Å². The minimum absolute atomic E-state index is 0.252. The number of hydrogen-bond donors (Lipinski definition) is 1. The minimum atomic E-state index is -0.252. The van der Waals surface area contributed by atoms with Crippen molar-refractivity contribution in [3.8, 4) is 5.75 Å². The van der Waals surface area contributed by atoms with Gasteiger partial charge in [-0.25, -0.2) is 9.97 Å². The van der Waals surface area contributed by atoms with Crippen LogP contribution >= 0.6 is 0 Å². The Morgan fingerprint density at radius 1 is 1.12 bits per heavy atom. The van der Waals surface area contributed by atoms with Crippen LogP contribution in [-0.4, -0.2) is 23.0 Å². The lowest BCUT2D eigenvalue weighted by Crippen LogP contribution is -2.16. The molecule has 0 aliphatic carbocycles. The minimum Gasteiger partial charge on any atom is -0.495 e. The zero-order valence-electron chi connectivity index (χ0n) is 15.1. The molecule has 3 aromatic rings. The molecule has 26 heavy (non-hydrogen) atoms. The number of aromatic nitrogens is 2. The lowest BCUT2D eigenvalue weighted by molar-refractivity contribution is 0.102. The molecule has 5 heteroatoms. The van der Waals surface area contributed by atoms with Crippen LogP contribution in [0.25, 0.3) is 0 Å². The summed E-state index contributed by atoms with van der Waals surface area (Å²) in [4.78, 5) is 21.5. The molecule has 1 aromatic heterocycles. The third-order valence-corrected chi connectivity index (χ3v) is 4.08. The number of carbonyl (C=O) groups excluding carboxylic acids is 1. The lowest BCUT2D eigenvalue weighted by Gasteiger charge is -2.12. The van der Waals surface area contributed by atoms with Crippen LogP contribution in [0.4, 0.5) is 5.69 Å². The van der Waals surface area contributed by atoms with E-state index in [0.29, 0.717) is 34.9 Å². The van der Waals surface area contributed by atoms with Gasteiger partial charge in [-0.3, -0.25) is 4.79 Å². The molecule has 0 fully saturated rings. The van der Waals surface area contributed by atoms with E-state index < -0.39 is 0 Å². The number of nitrogens with zero attached hydrogens (tertiary/aromatic N) is 2. The molecule has 0 aliphatic heterocycles. The number of nitrogens with one attached hydrogen (secondary N) is 1. The Morgan fingerprint density at radius 2 is 1.88 bits per heavy atom. The maximum Gasteiger partial charge on any atom is 0.259 e. The maximum atomic E-state index is 12.6. The van der Waals surface area contributed by atoms with E-state index in [1.165, 1.54) is 0 Å². The topological polar surface area (TPSA) is 64.1 Å². The van der Waals surface area contributed by atoms with E-state index in [-0.39, 0.29) is 5.91 Å². The summed E-state index contributed by atoms with van der Waals surface area (Å²) in [6.45, 7) is 3.78. The van der Waals surface area contributed by atoms with E-state index in [0.717, 1.165) is 11.1 Å². The molecule has 132 valence electrons. The Bertz CT molecular complexity index is 924. The van der Waals surface area contributed by atoms with Crippen molar-refractivity contribution < 1.29 is 9.53 Å². The molecule has 0 unspecified atom stereocenters. The maximum absolute atomic E-state index is 12.6. The predicted octanol–water partition coefficient (Wildman–Crippen LogP) is 3.95. The highest BCUT2D eigenvalue weighted by Gasteiger charge is 2.14. The molecule has 1 heterocycles. The number of anilines is 1. The highest BCUT2D eigenvalue weighted by Crippen LogP contribution is 2.26. The van der Waals surface area contributed by atoms with Crippen molar-refractivity contribution in [1.82, 2.24) is 9.97 Å². The van der Waals surface area contributed by atoms with Crippen LogP contribution in [0.3, 0.4) is 0 Å². The number of benzene rings is 2. The standard InChI is InChI=1S/C21H21N3O2/c1-14-9-10-19(26-3)18(11-14)24-21(25)17-13-22-20(23-15(17)2)12-16-7-5-4-6-8-16/h4-11,13H,12H2,1-3H3,(H,24,25). The summed E-state index contributed by atoms with van der Waals surface area (Å²) in [6, 6.07) is 15.6. The van der Waals surface area contributed by atoms with Gasteiger partial charge in [-0.15, -0.1) is 0 Å². The Morgan fingerprint density at radius 3 is 2.58 bits per heavy atom. The van der Waals surface area contributed by atoms with Crippen molar-refractivity contribution in [2.24, 2.45) is 0 Å². The average molecular weight is 347 g/mol. The molecule has 0 atom stereocenters. The summed E-state index contributed by atoms with van der Waals surface area (Å²) in [5.74, 6) is 1.05. The van der Waals surface area contributed by atoms with Crippen molar-refractivity contribution in [3.05, 3.63) is 82.9 Å². The van der Waals surface area contributed by atoms with Crippen LogP contribution in [0.5, 0.6) is 5.75 Å². The van der Waals surface area contributed by atoms with E-state index in [1.54, 1.807) is 13.3 Å². The molecule has 0 saturated carbocycles. The highest BCUT2D eigenvalue weighted by atomic mass is 16.5. The van der Waals surface area contributed by atoms with Crippen LogP contribution in [-0.2, 0) is 6.42 Å². The van der Waals surface area contributed by atoms with Gasteiger partial charge in [0.2, 0.25) is 0 Å². The van der Waals surface area contributed by atoms with Gasteiger partial charge in [0, 0.05) is 12.6 Å². The van der Waals surface area contributed by atoms with Gasteiger partial charge in [0.1, 0.15) is 11.6 Å². The molecule has 5 nitrogen and oxygen atoms in total. The summed E-state index contributed by atoms with van der Waals surface area (Å²) in [6.07, 6.45) is 2.22. The Hall–Kier alpha value is -3.21. The van der Waals surface area contributed by atoms with Crippen molar-refractivity contribution in [3.63, 3.8) is 0 Å². The third kappa shape index (κ3) is 4.06. The van der Waals surface area contributed by atoms with Gasteiger partial charge in [0.05, 0.1) is 24.1 Å². The zero-order chi connectivity index (χ0) is 18.5. The van der Waals surface area contributed by atoms with Crippen molar-refractivity contribution in [2.45, 2.75) is 20.3 Å². The number of amides is 1. The fraction of sp³-hybridized carbons (Fsp3) is 0.190. The summed E-state index contributed by atoms with van der Waals surface area (Å²) in [5.41, 5.74) is 3.89. The van der Waals surface area contributed by atoms with Crippen molar-refractivity contribution in [1.29, 1.82) is 0 Å². The molecule has 2 aromatic carbocycles. The molecule has 1 N–H and O–H groups in total. The Kier molecular flexibility index (Phi) is 5.27. The summed E-state index contributed by atoms with van der Waals surface area (Å²) < 4.78 is 5.31. The summed E-state index contributed by atoms with van der Waals surface area (Å²) >= 11 is 0. The molecule has 0 spiro atoms. The van der Waals surface area contributed by atoms with E-state index in [2.05, 4.69) is 15.3 Å². The molecule has 0 radical (unpaired) electrons. The first-order chi connectivity index (χ1) is 12.6. The number of aryl methyl sites for hydroxylation is 2. The highest BCUT2D eigenvalue weighted by molar-refractivity contribution is 6.05. The van der Waals surface area contributed by atoms with Crippen LogP contribution < -0.4 is 10.1 Å².